The van der Waals surface area contributed by atoms with Crippen LogP contribution >= 0.6 is 0 Å². The summed E-state index contributed by atoms with van der Waals surface area (Å²) < 4.78 is 37.4. The smallest absolute Gasteiger partial charge is 0.303 e. The summed E-state index contributed by atoms with van der Waals surface area (Å²) in [4.78, 5) is 2.08. The van der Waals surface area contributed by atoms with Crippen LogP contribution in [0.15, 0.2) is 0 Å². The van der Waals surface area contributed by atoms with Gasteiger partial charge in [-0.05, 0) is 59.2 Å². The lowest BCUT2D eigenvalue weighted by Gasteiger charge is -2.33. The molecular formula is C13H21F3N2. The van der Waals surface area contributed by atoms with Gasteiger partial charge in [0.15, 0.2) is 0 Å². The Hall–Kier alpha value is -0.760. The van der Waals surface area contributed by atoms with E-state index in [1.165, 1.54) is 0 Å². The second-order valence-corrected chi connectivity index (χ2v) is 5.76. The Balaban J connectivity index is 2.23. The van der Waals surface area contributed by atoms with E-state index in [-0.39, 0.29) is 18.3 Å². The van der Waals surface area contributed by atoms with Gasteiger partial charge in [-0.25, -0.2) is 0 Å². The highest BCUT2D eigenvalue weighted by molar-refractivity contribution is 4.91. The van der Waals surface area contributed by atoms with E-state index in [0.29, 0.717) is 13.1 Å². The van der Waals surface area contributed by atoms with Gasteiger partial charge in [0.1, 0.15) is 0 Å². The topological polar surface area (TPSA) is 27.0 Å². The Morgan fingerprint density at radius 1 is 1.22 bits per heavy atom. The first-order chi connectivity index (χ1) is 8.24. The maximum atomic E-state index is 12.5. The lowest BCUT2D eigenvalue weighted by Crippen LogP contribution is -2.39. The molecule has 1 fully saturated rings. The molecule has 1 aliphatic rings. The molecule has 0 aromatic rings. The summed E-state index contributed by atoms with van der Waals surface area (Å²) in [7, 11) is 0. The van der Waals surface area contributed by atoms with E-state index in [0.717, 1.165) is 19.4 Å². The minimum Gasteiger partial charge on any atom is -0.303 e. The Labute approximate surface area is 107 Å². The van der Waals surface area contributed by atoms with Gasteiger partial charge in [0, 0.05) is 0 Å². The molecule has 0 saturated carbocycles. The van der Waals surface area contributed by atoms with Crippen molar-refractivity contribution < 1.29 is 13.2 Å². The van der Waals surface area contributed by atoms with Gasteiger partial charge in [-0.3, -0.25) is 0 Å². The maximum absolute atomic E-state index is 12.5. The third kappa shape index (κ3) is 4.85. The largest absolute Gasteiger partial charge is 0.391 e. The molecule has 0 atom stereocenters. The Bertz CT molecular complexity index is 296. The number of hydrogen-bond donors (Lipinski definition) is 0. The number of halogens is 3. The quantitative estimate of drug-likeness (QED) is 0.774. The summed E-state index contributed by atoms with van der Waals surface area (Å²) in [6.45, 7) is 5.63. The van der Waals surface area contributed by atoms with Crippen LogP contribution in [0, 0.1) is 22.7 Å². The lowest BCUT2D eigenvalue weighted by atomic mass is 9.89. The van der Waals surface area contributed by atoms with E-state index < -0.39 is 12.1 Å². The van der Waals surface area contributed by atoms with Crippen molar-refractivity contribution in [2.24, 2.45) is 11.3 Å². The molecule has 0 bridgehead atoms. The number of nitriles is 1. The fourth-order valence-electron chi connectivity index (χ4n) is 2.28. The molecule has 5 heteroatoms. The van der Waals surface area contributed by atoms with Gasteiger partial charge < -0.3 is 4.90 Å². The van der Waals surface area contributed by atoms with Crippen LogP contribution in [0.5, 0.6) is 0 Å². The Morgan fingerprint density at radius 2 is 1.78 bits per heavy atom. The van der Waals surface area contributed by atoms with Gasteiger partial charge in [0.05, 0.1) is 17.4 Å². The van der Waals surface area contributed by atoms with E-state index in [2.05, 4.69) is 11.0 Å². The third-order valence-electron chi connectivity index (χ3n) is 3.63. The Kier molecular flexibility index (Phi) is 5.03. The zero-order valence-electron chi connectivity index (χ0n) is 11.1. The molecule has 0 aliphatic carbocycles. The van der Waals surface area contributed by atoms with Crippen LogP contribution in [0.1, 0.15) is 39.5 Å². The number of nitrogens with zero attached hydrogens (tertiary/aromatic N) is 2. The lowest BCUT2D eigenvalue weighted by molar-refractivity contribution is -0.185. The van der Waals surface area contributed by atoms with Crippen LogP contribution in [0.4, 0.5) is 13.2 Å². The van der Waals surface area contributed by atoms with Crippen LogP contribution in [0.3, 0.4) is 0 Å². The molecule has 1 heterocycles. The zero-order valence-corrected chi connectivity index (χ0v) is 11.1. The molecule has 0 amide bonds. The van der Waals surface area contributed by atoms with Crippen LogP contribution in [0.25, 0.3) is 0 Å². The number of rotatable bonds is 4. The van der Waals surface area contributed by atoms with Crippen LogP contribution in [0.2, 0.25) is 0 Å². The summed E-state index contributed by atoms with van der Waals surface area (Å²) in [5.41, 5.74) is -0.329. The van der Waals surface area contributed by atoms with Crippen LogP contribution in [-0.2, 0) is 0 Å². The standard InChI is InChI=1S/C13H21F3N2/c1-12(2,10-17)6-3-7-18-8-4-11(5-9-18)13(14,15)16/h11H,3-9H2,1-2H3. The maximum Gasteiger partial charge on any atom is 0.391 e. The summed E-state index contributed by atoms with van der Waals surface area (Å²) >= 11 is 0. The molecule has 0 aromatic heterocycles. The summed E-state index contributed by atoms with van der Waals surface area (Å²) in [6, 6.07) is 2.24. The van der Waals surface area contributed by atoms with Gasteiger partial charge in [-0.2, -0.15) is 18.4 Å². The highest BCUT2D eigenvalue weighted by Gasteiger charge is 2.40. The molecule has 0 N–H and O–H groups in total. The summed E-state index contributed by atoms with van der Waals surface area (Å²) in [6.07, 6.45) is -1.94. The number of likely N-dealkylation sites (tertiary alicyclic amines) is 1. The second kappa shape index (κ2) is 5.92. The molecule has 1 saturated heterocycles. The van der Waals surface area contributed by atoms with Crippen molar-refractivity contribution >= 4 is 0 Å². The highest BCUT2D eigenvalue weighted by Crippen LogP contribution is 2.34. The third-order valence-corrected chi connectivity index (χ3v) is 3.63. The minimum absolute atomic E-state index is 0.213. The first kappa shape index (κ1) is 15.3. The van der Waals surface area contributed by atoms with Gasteiger partial charge in [0.25, 0.3) is 0 Å². The van der Waals surface area contributed by atoms with Crippen molar-refractivity contribution in [1.82, 2.24) is 4.90 Å². The first-order valence-corrected chi connectivity index (χ1v) is 6.45. The molecule has 1 aliphatic heterocycles. The molecule has 0 spiro atoms. The molecule has 2 nitrogen and oxygen atoms in total. The fourth-order valence-corrected chi connectivity index (χ4v) is 2.28. The van der Waals surface area contributed by atoms with Crippen molar-refractivity contribution in [2.45, 2.75) is 45.7 Å². The number of alkyl halides is 3. The molecule has 0 unspecified atom stereocenters. The van der Waals surface area contributed by atoms with Crippen molar-refractivity contribution in [3.05, 3.63) is 0 Å². The van der Waals surface area contributed by atoms with Crippen LogP contribution in [-0.4, -0.2) is 30.7 Å². The predicted molar refractivity (Wildman–Crippen MR) is 63.8 cm³/mol. The van der Waals surface area contributed by atoms with E-state index in [1.54, 1.807) is 0 Å². The predicted octanol–water partition coefficient (Wildman–Crippen LogP) is 3.59. The van der Waals surface area contributed by atoms with Crippen molar-refractivity contribution in [3.8, 4) is 6.07 Å². The van der Waals surface area contributed by atoms with Gasteiger partial charge in [0.2, 0.25) is 0 Å². The van der Waals surface area contributed by atoms with E-state index in [9.17, 15) is 13.2 Å². The molecule has 1 rings (SSSR count). The van der Waals surface area contributed by atoms with Gasteiger partial charge in [-0.1, -0.05) is 0 Å². The summed E-state index contributed by atoms with van der Waals surface area (Å²) in [5.74, 6) is -1.12. The average molecular weight is 262 g/mol. The Morgan fingerprint density at radius 3 is 2.22 bits per heavy atom. The monoisotopic (exact) mass is 262 g/mol. The minimum atomic E-state index is -4.03. The summed E-state index contributed by atoms with van der Waals surface area (Å²) in [5, 5.41) is 8.87. The van der Waals surface area contributed by atoms with Gasteiger partial charge in [-0.15, -0.1) is 0 Å². The first-order valence-electron chi connectivity index (χ1n) is 6.45. The molecular weight excluding hydrogens is 241 g/mol. The molecule has 0 aromatic carbocycles. The SMILES string of the molecule is CC(C)(C#N)CCCN1CCC(C(F)(F)F)CC1. The van der Waals surface area contributed by atoms with E-state index >= 15 is 0 Å². The molecule has 0 radical (unpaired) electrons. The van der Waals surface area contributed by atoms with Crippen molar-refractivity contribution in [1.29, 1.82) is 5.26 Å². The zero-order chi connectivity index (χ0) is 13.8. The number of hydrogen-bond acceptors (Lipinski definition) is 2. The fraction of sp³-hybridized carbons (Fsp3) is 0.923. The van der Waals surface area contributed by atoms with E-state index in [1.807, 2.05) is 13.8 Å². The average Bonchev–Trinajstić information content (AvgIpc) is 2.28. The van der Waals surface area contributed by atoms with Gasteiger partial charge >= 0.3 is 6.18 Å². The van der Waals surface area contributed by atoms with E-state index in [4.69, 9.17) is 5.26 Å². The normalized spacial score (nSPS) is 19.8. The molecule has 18 heavy (non-hydrogen) atoms. The highest BCUT2D eigenvalue weighted by atomic mass is 19.4. The van der Waals surface area contributed by atoms with Crippen molar-refractivity contribution in [2.75, 3.05) is 19.6 Å². The number of piperidine rings is 1. The molecule has 104 valence electrons. The van der Waals surface area contributed by atoms with Crippen LogP contribution < -0.4 is 0 Å². The second-order valence-electron chi connectivity index (χ2n) is 5.76. The van der Waals surface area contributed by atoms with Crippen molar-refractivity contribution in [3.63, 3.8) is 0 Å².